The number of benzene rings is 1. The molecule has 15 heavy (non-hydrogen) atoms. The van der Waals surface area contributed by atoms with Gasteiger partial charge in [-0.3, -0.25) is 4.79 Å². The largest absolute Gasteiger partial charge is 0.469 e. The minimum absolute atomic E-state index is 0.0343. The zero-order chi connectivity index (χ0) is 11.3. The third-order valence-electron chi connectivity index (χ3n) is 2.13. The highest BCUT2D eigenvalue weighted by molar-refractivity contribution is 5.70. The SMILES string of the molecule is COC(=O)CC(O)c1ccc(CO)cc1. The molecule has 82 valence electrons. The fourth-order valence-electron chi connectivity index (χ4n) is 1.20. The number of aliphatic hydroxyl groups excluding tert-OH is 2. The maximum Gasteiger partial charge on any atom is 0.308 e. The van der Waals surface area contributed by atoms with E-state index in [-0.39, 0.29) is 13.0 Å². The molecule has 1 aromatic carbocycles. The van der Waals surface area contributed by atoms with E-state index in [2.05, 4.69) is 4.74 Å². The quantitative estimate of drug-likeness (QED) is 0.720. The van der Waals surface area contributed by atoms with E-state index in [1.165, 1.54) is 7.11 Å². The van der Waals surface area contributed by atoms with E-state index < -0.39 is 12.1 Å². The summed E-state index contributed by atoms with van der Waals surface area (Å²) in [6, 6.07) is 6.77. The lowest BCUT2D eigenvalue weighted by Gasteiger charge is -2.09. The molecule has 4 heteroatoms. The fraction of sp³-hybridized carbons (Fsp3) is 0.364. The third-order valence-corrected chi connectivity index (χ3v) is 2.13. The number of hydrogen-bond acceptors (Lipinski definition) is 4. The average molecular weight is 210 g/mol. The van der Waals surface area contributed by atoms with Crippen molar-refractivity contribution < 1.29 is 19.7 Å². The van der Waals surface area contributed by atoms with Gasteiger partial charge in [0.1, 0.15) is 0 Å². The third kappa shape index (κ3) is 3.34. The molecular formula is C11H14O4. The van der Waals surface area contributed by atoms with Gasteiger partial charge in [0.25, 0.3) is 0 Å². The molecule has 0 spiro atoms. The molecular weight excluding hydrogens is 196 g/mol. The zero-order valence-corrected chi connectivity index (χ0v) is 8.51. The molecule has 0 aromatic heterocycles. The van der Waals surface area contributed by atoms with Gasteiger partial charge in [0.15, 0.2) is 0 Å². The van der Waals surface area contributed by atoms with Crippen LogP contribution in [0.25, 0.3) is 0 Å². The predicted octanol–water partition coefficient (Wildman–Crippen LogP) is 0.775. The Morgan fingerprint density at radius 3 is 2.47 bits per heavy atom. The summed E-state index contributed by atoms with van der Waals surface area (Å²) in [6.07, 6.45) is -0.917. The molecule has 1 unspecified atom stereocenters. The van der Waals surface area contributed by atoms with Gasteiger partial charge in [-0.2, -0.15) is 0 Å². The van der Waals surface area contributed by atoms with Crippen molar-refractivity contribution in [3.8, 4) is 0 Å². The molecule has 0 bridgehead atoms. The minimum atomic E-state index is -0.856. The molecule has 0 saturated carbocycles. The monoisotopic (exact) mass is 210 g/mol. The van der Waals surface area contributed by atoms with E-state index in [9.17, 15) is 9.90 Å². The van der Waals surface area contributed by atoms with Crippen molar-refractivity contribution in [3.63, 3.8) is 0 Å². The molecule has 0 amide bonds. The summed E-state index contributed by atoms with van der Waals surface area (Å²) in [5.74, 6) is -0.450. The lowest BCUT2D eigenvalue weighted by Crippen LogP contribution is -2.08. The first-order chi connectivity index (χ1) is 7.17. The summed E-state index contributed by atoms with van der Waals surface area (Å²) in [6.45, 7) is -0.0343. The number of hydrogen-bond donors (Lipinski definition) is 2. The number of carbonyl (C=O) groups is 1. The minimum Gasteiger partial charge on any atom is -0.469 e. The summed E-state index contributed by atoms with van der Waals surface area (Å²) in [7, 11) is 1.28. The predicted molar refractivity (Wildman–Crippen MR) is 54.0 cm³/mol. The van der Waals surface area contributed by atoms with E-state index in [4.69, 9.17) is 5.11 Å². The van der Waals surface area contributed by atoms with E-state index in [0.29, 0.717) is 5.56 Å². The Hall–Kier alpha value is -1.39. The van der Waals surface area contributed by atoms with Crippen molar-refractivity contribution in [2.75, 3.05) is 7.11 Å². The number of methoxy groups -OCH3 is 1. The van der Waals surface area contributed by atoms with Crippen LogP contribution in [0.5, 0.6) is 0 Å². The molecule has 1 atom stereocenters. The van der Waals surface area contributed by atoms with Crippen molar-refractivity contribution in [2.45, 2.75) is 19.1 Å². The van der Waals surface area contributed by atoms with E-state index in [1.54, 1.807) is 24.3 Å². The van der Waals surface area contributed by atoms with Crippen LogP contribution in [0, 0.1) is 0 Å². The van der Waals surface area contributed by atoms with Gasteiger partial charge in [0.05, 0.1) is 26.2 Å². The number of ether oxygens (including phenoxy) is 1. The first kappa shape index (κ1) is 11.7. The number of aliphatic hydroxyl groups is 2. The van der Waals surface area contributed by atoms with Gasteiger partial charge in [-0.25, -0.2) is 0 Å². The number of carbonyl (C=O) groups excluding carboxylic acids is 1. The van der Waals surface area contributed by atoms with Crippen molar-refractivity contribution >= 4 is 5.97 Å². The fourth-order valence-corrected chi connectivity index (χ4v) is 1.20. The highest BCUT2D eigenvalue weighted by atomic mass is 16.5. The smallest absolute Gasteiger partial charge is 0.308 e. The maximum absolute atomic E-state index is 10.9. The summed E-state index contributed by atoms with van der Waals surface area (Å²) < 4.78 is 4.45. The Bertz CT molecular complexity index is 318. The standard InChI is InChI=1S/C11H14O4/c1-15-11(14)6-10(13)9-4-2-8(7-12)3-5-9/h2-5,10,12-13H,6-7H2,1H3. The molecule has 1 aromatic rings. The van der Waals surface area contributed by atoms with Crippen LogP contribution in [0.3, 0.4) is 0 Å². The van der Waals surface area contributed by atoms with E-state index in [1.807, 2.05) is 0 Å². The molecule has 4 nitrogen and oxygen atoms in total. The summed E-state index contributed by atoms with van der Waals surface area (Å²) in [5, 5.41) is 18.4. The Balaban J connectivity index is 2.65. The molecule has 2 N–H and O–H groups in total. The van der Waals surface area contributed by atoms with Gasteiger partial charge >= 0.3 is 5.97 Å². The molecule has 0 aliphatic carbocycles. The van der Waals surface area contributed by atoms with Crippen molar-refractivity contribution in [2.24, 2.45) is 0 Å². The van der Waals surface area contributed by atoms with Crippen molar-refractivity contribution in [1.29, 1.82) is 0 Å². The first-order valence-electron chi connectivity index (χ1n) is 4.62. The van der Waals surface area contributed by atoms with Gasteiger partial charge < -0.3 is 14.9 Å². The molecule has 0 saturated heterocycles. The van der Waals surface area contributed by atoms with Crippen molar-refractivity contribution in [1.82, 2.24) is 0 Å². The second kappa shape index (κ2) is 5.48. The second-order valence-corrected chi connectivity index (χ2v) is 3.20. The van der Waals surface area contributed by atoms with Crippen LogP contribution in [-0.4, -0.2) is 23.3 Å². The highest BCUT2D eigenvalue weighted by Crippen LogP contribution is 2.17. The Morgan fingerprint density at radius 1 is 1.40 bits per heavy atom. The molecule has 0 radical (unpaired) electrons. The zero-order valence-electron chi connectivity index (χ0n) is 8.51. The van der Waals surface area contributed by atoms with Gasteiger partial charge in [-0.05, 0) is 11.1 Å². The van der Waals surface area contributed by atoms with E-state index in [0.717, 1.165) is 5.56 Å². The lowest BCUT2D eigenvalue weighted by atomic mass is 10.1. The number of esters is 1. The molecule has 0 heterocycles. The normalized spacial score (nSPS) is 12.2. The Morgan fingerprint density at radius 2 is 2.00 bits per heavy atom. The first-order valence-corrected chi connectivity index (χ1v) is 4.62. The summed E-state index contributed by atoms with van der Waals surface area (Å²) in [5.41, 5.74) is 1.40. The van der Waals surface area contributed by atoms with Gasteiger partial charge in [-0.15, -0.1) is 0 Å². The Labute approximate surface area is 88.1 Å². The average Bonchev–Trinajstić information content (AvgIpc) is 2.29. The van der Waals surface area contributed by atoms with Crippen LogP contribution in [0.1, 0.15) is 23.7 Å². The molecule has 1 rings (SSSR count). The summed E-state index contributed by atoms with van der Waals surface area (Å²) in [4.78, 5) is 10.9. The lowest BCUT2D eigenvalue weighted by molar-refractivity contribution is -0.142. The maximum atomic E-state index is 10.9. The van der Waals surface area contributed by atoms with Crippen LogP contribution in [0.2, 0.25) is 0 Å². The van der Waals surface area contributed by atoms with Gasteiger partial charge in [0.2, 0.25) is 0 Å². The topological polar surface area (TPSA) is 66.8 Å². The molecule has 0 aliphatic heterocycles. The van der Waals surface area contributed by atoms with Crippen molar-refractivity contribution in [3.05, 3.63) is 35.4 Å². The van der Waals surface area contributed by atoms with Crippen LogP contribution < -0.4 is 0 Å². The molecule has 0 fully saturated rings. The molecule has 0 aliphatic rings. The van der Waals surface area contributed by atoms with Gasteiger partial charge in [-0.1, -0.05) is 24.3 Å². The van der Waals surface area contributed by atoms with E-state index >= 15 is 0 Å². The Kier molecular flexibility index (Phi) is 4.27. The van der Waals surface area contributed by atoms with Gasteiger partial charge in [0, 0.05) is 0 Å². The van der Waals surface area contributed by atoms with Crippen LogP contribution >= 0.6 is 0 Å². The van der Waals surface area contributed by atoms with Crippen LogP contribution in [-0.2, 0) is 16.1 Å². The second-order valence-electron chi connectivity index (χ2n) is 3.20. The van der Waals surface area contributed by atoms with Crippen LogP contribution in [0.15, 0.2) is 24.3 Å². The number of rotatable bonds is 4. The van der Waals surface area contributed by atoms with Crippen LogP contribution in [0.4, 0.5) is 0 Å². The highest BCUT2D eigenvalue weighted by Gasteiger charge is 2.12. The summed E-state index contributed by atoms with van der Waals surface area (Å²) >= 11 is 0.